The normalized spacial score (nSPS) is 2.00. The smallest absolute Gasteiger partial charge is 0 e. The van der Waals surface area contributed by atoms with Crippen molar-refractivity contribution in [3.8, 4) is 0 Å². The van der Waals surface area contributed by atoms with Crippen LogP contribution in [0, 0.1) is 5.41 Å². The molecule has 0 amide bonds. The van der Waals surface area contributed by atoms with Crippen LogP contribution in [0.1, 0.15) is 0 Å². The van der Waals surface area contributed by atoms with Crippen LogP contribution in [0.25, 0.3) is 0 Å². The summed E-state index contributed by atoms with van der Waals surface area (Å²) < 4.78 is 0. The summed E-state index contributed by atoms with van der Waals surface area (Å²) in [5.41, 5.74) is 4.26. The van der Waals surface area contributed by atoms with Crippen molar-refractivity contribution < 1.29 is 21.7 Å². The first-order valence-electron chi connectivity index (χ1n) is 0.539. The zero-order valence-corrected chi connectivity index (χ0v) is 6.09. The minimum atomic E-state index is 0. The van der Waals surface area contributed by atoms with Crippen molar-refractivity contribution in [2.24, 2.45) is 5.73 Å². The molecule has 0 aliphatic carbocycles. The molecule has 2 nitrogen and oxygen atoms in total. The molecule has 0 spiro atoms. The zero-order valence-electron chi connectivity index (χ0n) is 2.89. The summed E-state index contributed by atoms with van der Waals surface area (Å²) in [6.45, 7) is 0. The van der Waals surface area contributed by atoms with Gasteiger partial charge in [0.15, 0.2) is 0 Å². The van der Waals surface area contributed by atoms with Crippen LogP contribution >= 0.6 is 24.8 Å². The third-order valence-electron chi connectivity index (χ3n) is 0. The summed E-state index contributed by atoms with van der Waals surface area (Å²) in [7, 11) is 0. The van der Waals surface area contributed by atoms with Crippen molar-refractivity contribution in [3.05, 3.63) is 0 Å². The van der Waals surface area contributed by atoms with Gasteiger partial charge in [0, 0.05) is 21.7 Å². The molecule has 0 fully saturated rings. The molecule has 0 unspecified atom stereocenters. The van der Waals surface area contributed by atoms with Gasteiger partial charge in [-0.1, -0.05) is 0 Å². The van der Waals surface area contributed by atoms with Gasteiger partial charge in [0.1, 0.15) is 0 Å². The third-order valence-corrected chi connectivity index (χ3v) is 0. The Balaban J connectivity index is -0.00000000667. The Bertz CT molecular complexity index is 19.0. The van der Waals surface area contributed by atoms with E-state index in [9.17, 15) is 0 Å². The standard InChI is InChI=1S/CH3N2.2ClH.Ti/c2-1-3;;;/h(H3,2,3);2*1H;/q-1;;;. The molecular formula is CH5Cl2N2Ti-. The van der Waals surface area contributed by atoms with E-state index in [1.54, 1.807) is 0 Å². The monoisotopic (exact) mass is 163 g/mol. The number of halogens is 2. The molecule has 5 heteroatoms. The summed E-state index contributed by atoms with van der Waals surface area (Å²) in [5.74, 6) is 0. The van der Waals surface area contributed by atoms with E-state index < -0.39 is 0 Å². The van der Waals surface area contributed by atoms with Gasteiger partial charge in [-0.2, -0.15) is 0 Å². The molecule has 0 radical (unpaired) electrons. The first-order valence-corrected chi connectivity index (χ1v) is 0.539. The maximum Gasteiger partial charge on any atom is 0 e. The molecule has 6 heavy (non-hydrogen) atoms. The Morgan fingerprint density at radius 3 is 1.33 bits per heavy atom. The molecule has 0 aromatic heterocycles. The maximum absolute atomic E-state index is 5.74. The quantitative estimate of drug-likeness (QED) is 0.174. The maximum atomic E-state index is 5.74. The van der Waals surface area contributed by atoms with Gasteiger partial charge < -0.3 is 17.5 Å². The van der Waals surface area contributed by atoms with Gasteiger partial charge in [0.25, 0.3) is 0 Å². The first-order chi connectivity index (χ1) is 1.41. The third kappa shape index (κ3) is 116. The molecule has 0 aliphatic rings. The van der Waals surface area contributed by atoms with Crippen LogP contribution in [0.15, 0.2) is 0 Å². The van der Waals surface area contributed by atoms with Crippen LogP contribution in [0.2, 0.25) is 0 Å². The Labute approximate surface area is 64.1 Å². The number of hydrogen-bond donors (Lipinski definition) is 2. The van der Waals surface area contributed by atoms with Crippen LogP contribution in [0.3, 0.4) is 0 Å². The van der Waals surface area contributed by atoms with Crippen molar-refractivity contribution in [2.75, 3.05) is 0 Å². The fourth-order valence-electron chi connectivity index (χ4n) is 0. The molecule has 0 heterocycles. The Morgan fingerprint density at radius 1 is 1.33 bits per heavy atom. The molecule has 0 aliphatic heterocycles. The van der Waals surface area contributed by atoms with E-state index >= 15 is 0 Å². The first kappa shape index (κ1) is 29.4. The van der Waals surface area contributed by atoms with E-state index in [1.165, 1.54) is 6.34 Å². The number of nitrogens with one attached hydrogen (secondary N) is 1. The topological polar surface area (TPSA) is 49.9 Å². The van der Waals surface area contributed by atoms with Crippen molar-refractivity contribution in [3.63, 3.8) is 0 Å². The van der Waals surface area contributed by atoms with E-state index in [-0.39, 0.29) is 46.5 Å². The average Bonchev–Trinajstić information content (AvgIpc) is 0.918. The molecule has 0 aromatic carbocycles. The summed E-state index contributed by atoms with van der Waals surface area (Å²) >= 11 is 0. The van der Waals surface area contributed by atoms with Crippen LogP contribution in [-0.2, 0) is 21.7 Å². The Hall–Kier alpha value is 0.764. The van der Waals surface area contributed by atoms with E-state index in [1.807, 2.05) is 0 Å². The van der Waals surface area contributed by atoms with E-state index in [4.69, 9.17) is 5.41 Å². The van der Waals surface area contributed by atoms with E-state index in [0.29, 0.717) is 0 Å². The second-order valence-electron chi connectivity index (χ2n) is 0.144. The average molecular weight is 164 g/mol. The Morgan fingerprint density at radius 2 is 1.33 bits per heavy atom. The van der Waals surface area contributed by atoms with Gasteiger partial charge in [-0.25, -0.2) is 0 Å². The predicted molar refractivity (Wildman–Crippen MR) is 26.4 cm³/mol. The zero-order chi connectivity index (χ0) is 2.71. The van der Waals surface area contributed by atoms with Crippen LogP contribution in [0.5, 0.6) is 0 Å². The molecule has 0 bridgehead atoms. The second kappa shape index (κ2) is 42.0. The van der Waals surface area contributed by atoms with E-state index in [0.717, 1.165) is 0 Å². The summed E-state index contributed by atoms with van der Waals surface area (Å²) in [6, 6.07) is 0. The van der Waals surface area contributed by atoms with Gasteiger partial charge in [-0.05, 0) is 0 Å². The van der Waals surface area contributed by atoms with Crippen molar-refractivity contribution in [1.82, 2.24) is 0 Å². The van der Waals surface area contributed by atoms with Crippen LogP contribution in [-0.4, -0.2) is 6.34 Å². The van der Waals surface area contributed by atoms with E-state index in [2.05, 4.69) is 5.73 Å². The molecule has 0 rings (SSSR count). The van der Waals surface area contributed by atoms with Gasteiger partial charge in [0.05, 0.1) is 0 Å². The SMILES string of the molecule is Cl.Cl.N=[C-]N.[Ti]. The summed E-state index contributed by atoms with van der Waals surface area (Å²) in [5, 5.41) is 5.74. The molecule has 38 valence electrons. The molecule has 0 atom stereocenters. The summed E-state index contributed by atoms with van der Waals surface area (Å²) in [6.07, 6.45) is 1.50. The molecule has 0 aromatic rings. The van der Waals surface area contributed by atoms with Gasteiger partial charge in [0.2, 0.25) is 0 Å². The predicted octanol–water partition coefficient (Wildman–Crippen LogP) is 0.270. The second-order valence-corrected chi connectivity index (χ2v) is 0.144. The van der Waals surface area contributed by atoms with Gasteiger partial charge >= 0.3 is 0 Å². The van der Waals surface area contributed by atoms with Crippen molar-refractivity contribution >= 4 is 31.2 Å². The molecule has 0 saturated carbocycles. The van der Waals surface area contributed by atoms with Gasteiger partial charge in [-0.3, -0.25) is 0 Å². The largest absolute Gasteiger partial charge is 0.563 e. The van der Waals surface area contributed by atoms with Crippen LogP contribution < -0.4 is 5.73 Å². The van der Waals surface area contributed by atoms with Crippen LogP contribution in [0.4, 0.5) is 0 Å². The fourth-order valence-corrected chi connectivity index (χ4v) is 0. The minimum absolute atomic E-state index is 0. The van der Waals surface area contributed by atoms with Crippen molar-refractivity contribution in [2.45, 2.75) is 0 Å². The van der Waals surface area contributed by atoms with Crippen molar-refractivity contribution in [1.29, 1.82) is 5.41 Å². The summed E-state index contributed by atoms with van der Waals surface area (Å²) in [4.78, 5) is 0. The fraction of sp³-hybridized carbons (Fsp3) is 0. The Kier molecular flexibility index (Phi) is 206. The minimum Gasteiger partial charge on any atom is -0.563 e. The number of nitrogens with two attached hydrogens (primary N) is 1. The number of rotatable bonds is 0. The number of hydrogen-bond acceptors (Lipinski definition) is 1. The molecule has 0 saturated heterocycles. The molecular weight excluding hydrogens is 159 g/mol. The molecule has 3 N–H and O–H groups in total. The van der Waals surface area contributed by atoms with Gasteiger partial charge in [-0.15, -0.1) is 24.8 Å².